The number of carbonyl (C=O) groups is 1. The van der Waals surface area contributed by atoms with Crippen LogP contribution in [0.5, 0.6) is 0 Å². The second-order valence-corrected chi connectivity index (χ2v) is 9.58. The van der Waals surface area contributed by atoms with E-state index in [0.717, 1.165) is 17.3 Å². The lowest BCUT2D eigenvalue weighted by atomic mass is 9.94. The van der Waals surface area contributed by atoms with Crippen LogP contribution in [0.3, 0.4) is 0 Å². The predicted molar refractivity (Wildman–Crippen MR) is 107 cm³/mol. The Bertz CT molecular complexity index is 981. The SMILES string of the molecule is Cc1nn(C)cc1C(C)NC(=O)CC1CCN(S(=O)(=O)c2cccc(F)c2)CC1. The van der Waals surface area contributed by atoms with Crippen LogP contribution in [0.1, 0.15) is 43.5 Å². The van der Waals surface area contributed by atoms with Gasteiger partial charge in [-0.3, -0.25) is 9.48 Å². The minimum atomic E-state index is -3.71. The van der Waals surface area contributed by atoms with E-state index in [1.54, 1.807) is 4.68 Å². The van der Waals surface area contributed by atoms with E-state index in [1.165, 1.54) is 22.5 Å². The number of hydrogen-bond donors (Lipinski definition) is 1. The summed E-state index contributed by atoms with van der Waals surface area (Å²) in [7, 11) is -1.87. The molecule has 1 aromatic carbocycles. The summed E-state index contributed by atoms with van der Waals surface area (Å²) in [5.41, 5.74) is 1.87. The molecule has 1 aliphatic rings. The molecule has 7 nitrogen and oxygen atoms in total. The summed E-state index contributed by atoms with van der Waals surface area (Å²) in [6.45, 7) is 4.49. The maximum atomic E-state index is 13.4. The van der Waals surface area contributed by atoms with Crippen LogP contribution in [0.4, 0.5) is 4.39 Å². The molecule has 1 unspecified atom stereocenters. The molecule has 0 aliphatic carbocycles. The first kappa shape index (κ1) is 21.4. The van der Waals surface area contributed by atoms with Crippen LogP contribution in [0.2, 0.25) is 0 Å². The van der Waals surface area contributed by atoms with Gasteiger partial charge in [-0.1, -0.05) is 6.07 Å². The maximum Gasteiger partial charge on any atom is 0.243 e. The molecule has 1 amide bonds. The van der Waals surface area contributed by atoms with E-state index in [0.29, 0.717) is 32.4 Å². The van der Waals surface area contributed by atoms with Crippen LogP contribution in [0.25, 0.3) is 0 Å². The van der Waals surface area contributed by atoms with Gasteiger partial charge in [-0.25, -0.2) is 12.8 Å². The molecule has 2 aromatic rings. The van der Waals surface area contributed by atoms with Gasteiger partial charge in [0, 0.05) is 38.3 Å². The number of nitrogens with zero attached hydrogens (tertiary/aromatic N) is 3. The number of nitrogens with one attached hydrogen (secondary N) is 1. The van der Waals surface area contributed by atoms with Crippen LogP contribution in [0.15, 0.2) is 35.4 Å². The van der Waals surface area contributed by atoms with Gasteiger partial charge in [0.2, 0.25) is 15.9 Å². The van der Waals surface area contributed by atoms with Crippen molar-refractivity contribution in [3.05, 3.63) is 47.5 Å². The van der Waals surface area contributed by atoms with E-state index in [1.807, 2.05) is 27.1 Å². The number of rotatable bonds is 6. The number of sulfonamides is 1. The Morgan fingerprint density at radius 2 is 2.03 bits per heavy atom. The van der Waals surface area contributed by atoms with Gasteiger partial charge < -0.3 is 5.32 Å². The van der Waals surface area contributed by atoms with Crippen molar-refractivity contribution in [3.63, 3.8) is 0 Å². The topological polar surface area (TPSA) is 84.3 Å². The summed E-state index contributed by atoms with van der Waals surface area (Å²) in [6.07, 6.45) is 3.46. The lowest BCUT2D eigenvalue weighted by Gasteiger charge is -2.31. The van der Waals surface area contributed by atoms with Gasteiger partial charge >= 0.3 is 0 Å². The number of carbonyl (C=O) groups excluding carboxylic acids is 1. The fraction of sp³-hybridized carbons (Fsp3) is 0.500. The molecule has 29 heavy (non-hydrogen) atoms. The van der Waals surface area contributed by atoms with E-state index in [2.05, 4.69) is 10.4 Å². The normalized spacial score (nSPS) is 17.2. The Labute approximate surface area is 171 Å². The molecule has 1 aliphatic heterocycles. The number of aryl methyl sites for hydroxylation is 2. The monoisotopic (exact) mass is 422 g/mol. The van der Waals surface area contributed by atoms with Crippen molar-refractivity contribution in [1.29, 1.82) is 0 Å². The average Bonchev–Trinajstić information content (AvgIpc) is 3.00. The highest BCUT2D eigenvalue weighted by molar-refractivity contribution is 7.89. The van der Waals surface area contributed by atoms with Crippen molar-refractivity contribution in [2.45, 2.75) is 44.0 Å². The number of aromatic nitrogens is 2. The molecule has 0 radical (unpaired) electrons. The standard InChI is InChI=1S/C20H27FN4O3S/c1-14(19-13-24(3)23-15(19)2)22-20(26)11-16-7-9-25(10-8-16)29(27,28)18-6-4-5-17(21)12-18/h4-6,12-14,16H,7-11H2,1-3H3,(H,22,26). The highest BCUT2D eigenvalue weighted by atomic mass is 32.2. The van der Waals surface area contributed by atoms with Gasteiger partial charge in [0.05, 0.1) is 16.6 Å². The maximum absolute atomic E-state index is 13.4. The zero-order valence-corrected chi connectivity index (χ0v) is 17.7. The number of hydrogen-bond acceptors (Lipinski definition) is 4. The van der Waals surface area contributed by atoms with Crippen molar-refractivity contribution < 1.29 is 17.6 Å². The molecule has 2 heterocycles. The zero-order chi connectivity index (χ0) is 21.2. The summed E-state index contributed by atoms with van der Waals surface area (Å²) in [4.78, 5) is 12.4. The Hall–Kier alpha value is -2.26. The van der Waals surface area contributed by atoms with Gasteiger partial charge in [-0.2, -0.15) is 9.40 Å². The fourth-order valence-corrected chi connectivity index (χ4v) is 5.32. The first-order chi connectivity index (χ1) is 13.7. The summed E-state index contributed by atoms with van der Waals surface area (Å²) < 4.78 is 41.8. The van der Waals surface area contributed by atoms with E-state index < -0.39 is 15.8 Å². The van der Waals surface area contributed by atoms with Crippen molar-refractivity contribution in [2.75, 3.05) is 13.1 Å². The van der Waals surface area contributed by atoms with Crippen molar-refractivity contribution in [2.24, 2.45) is 13.0 Å². The number of amides is 1. The first-order valence-corrected chi connectivity index (χ1v) is 11.2. The lowest BCUT2D eigenvalue weighted by Crippen LogP contribution is -2.39. The molecule has 158 valence electrons. The molecule has 0 spiro atoms. The Kier molecular flexibility index (Phi) is 6.38. The fourth-order valence-electron chi connectivity index (χ4n) is 3.81. The molecule has 1 aromatic heterocycles. The largest absolute Gasteiger partial charge is 0.349 e. The molecular weight excluding hydrogens is 395 g/mol. The minimum absolute atomic E-state index is 0.0330. The van der Waals surface area contributed by atoms with Gasteiger partial charge in [-0.15, -0.1) is 0 Å². The van der Waals surface area contributed by atoms with Crippen LogP contribution in [0, 0.1) is 18.7 Å². The number of piperidine rings is 1. The van der Waals surface area contributed by atoms with E-state index in [4.69, 9.17) is 0 Å². The Morgan fingerprint density at radius 3 is 2.62 bits per heavy atom. The van der Waals surface area contributed by atoms with E-state index in [9.17, 15) is 17.6 Å². The molecule has 0 saturated carbocycles. The second kappa shape index (κ2) is 8.62. The molecule has 0 bridgehead atoms. The third-order valence-electron chi connectivity index (χ3n) is 5.38. The zero-order valence-electron chi connectivity index (χ0n) is 16.9. The van der Waals surface area contributed by atoms with Crippen LogP contribution in [-0.4, -0.2) is 41.5 Å². The molecular formula is C20H27FN4O3S. The van der Waals surface area contributed by atoms with Gasteiger partial charge in [0.15, 0.2) is 0 Å². The van der Waals surface area contributed by atoms with E-state index >= 15 is 0 Å². The summed E-state index contributed by atoms with van der Waals surface area (Å²) in [5.74, 6) is -0.501. The molecule has 1 atom stereocenters. The van der Waals surface area contributed by atoms with Gasteiger partial charge in [-0.05, 0) is 50.8 Å². The van der Waals surface area contributed by atoms with Gasteiger partial charge in [0.1, 0.15) is 5.82 Å². The highest BCUT2D eigenvalue weighted by Gasteiger charge is 2.30. The third-order valence-corrected chi connectivity index (χ3v) is 7.27. The van der Waals surface area contributed by atoms with Crippen molar-refractivity contribution in [3.8, 4) is 0 Å². The van der Waals surface area contributed by atoms with Gasteiger partial charge in [0.25, 0.3) is 0 Å². The van der Waals surface area contributed by atoms with Crippen molar-refractivity contribution in [1.82, 2.24) is 19.4 Å². The number of benzene rings is 1. The average molecular weight is 423 g/mol. The Morgan fingerprint density at radius 1 is 1.34 bits per heavy atom. The summed E-state index contributed by atoms with van der Waals surface area (Å²) >= 11 is 0. The quantitative estimate of drug-likeness (QED) is 0.775. The van der Waals surface area contributed by atoms with E-state index in [-0.39, 0.29) is 22.8 Å². The molecule has 9 heteroatoms. The Balaban J connectivity index is 1.53. The molecule has 3 rings (SSSR count). The first-order valence-electron chi connectivity index (χ1n) is 9.72. The predicted octanol–water partition coefficient (Wildman–Crippen LogP) is 2.54. The molecule has 1 fully saturated rings. The lowest BCUT2D eigenvalue weighted by molar-refractivity contribution is -0.122. The van der Waals surface area contributed by atoms with Crippen LogP contribution < -0.4 is 5.32 Å². The highest BCUT2D eigenvalue weighted by Crippen LogP contribution is 2.26. The second-order valence-electron chi connectivity index (χ2n) is 7.64. The molecule has 1 saturated heterocycles. The summed E-state index contributed by atoms with van der Waals surface area (Å²) in [6, 6.07) is 4.92. The number of halogens is 1. The molecule has 1 N–H and O–H groups in total. The van der Waals surface area contributed by atoms with Crippen molar-refractivity contribution >= 4 is 15.9 Å². The summed E-state index contributed by atoms with van der Waals surface area (Å²) in [5, 5.41) is 7.30. The smallest absolute Gasteiger partial charge is 0.243 e. The van der Waals surface area contributed by atoms with Crippen LogP contribution >= 0.6 is 0 Å². The minimum Gasteiger partial charge on any atom is -0.349 e. The third kappa shape index (κ3) is 5.02. The van der Waals surface area contributed by atoms with Crippen LogP contribution in [-0.2, 0) is 21.9 Å².